The number of rotatable bonds is 2. The lowest BCUT2D eigenvalue weighted by Crippen LogP contribution is -2.21. The smallest absolute Gasteiger partial charge is 0.475 e. The number of primary amides is 1. The third-order valence-electron chi connectivity index (χ3n) is 2.90. The number of hydrogen-bond acceptors (Lipinski definition) is 3. The first-order chi connectivity index (χ1) is 9.71. The van der Waals surface area contributed by atoms with Gasteiger partial charge in [0.15, 0.2) is 0 Å². The van der Waals surface area contributed by atoms with Gasteiger partial charge < -0.3 is 16.2 Å². The van der Waals surface area contributed by atoms with Gasteiger partial charge in [-0.3, -0.25) is 4.79 Å². The number of aliphatic carboxylic acids is 1. The summed E-state index contributed by atoms with van der Waals surface area (Å²) in [4.78, 5) is 19.7. The highest BCUT2D eigenvalue weighted by Gasteiger charge is 2.38. The molecule has 1 aromatic carbocycles. The van der Waals surface area contributed by atoms with E-state index in [0.717, 1.165) is 6.54 Å². The molecular formula is C13H15F3N2O3. The Labute approximate surface area is 118 Å². The minimum absolute atomic E-state index is 0.365. The van der Waals surface area contributed by atoms with Crippen molar-refractivity contribution in [3.8, 4) is 0 Å². The zero-order chi connectivity index (χ0) is 16.0. The first-order valence-corrected chi connectivity index (χ1v) is 6.15. The maximum Gasteiger partial charge on any atom is 0.490 e. The van der Waals surface area contributed by atoms with E-state index in [-0.39, 0.29) is 5.91 Å². The van der Waals surface area contributed by atoms with Crippen LogP contribution < -0.4 is 11.1 Å². The number of carboxylic acids is 1. The van der Waals surface area contributed by atoms with E-state index in [1.807, 2.05) is 12.1 Å². The fourth-order valence-corrected chi connectivity index (χ4v) is 1.85. The van der Waals surface area contributed by atoms with Crippen molar-refractivity contribution in [1.82, 2.24) is 5.32 Å². The minimum Gasteiger partial charge on any atom is -0.475 e. The number of carbonyl (C=O) groups excluding carboxylic acids is 1. The van der Waals surface area contributed by atoms with Gasteiger partial charge in [0.05, 0.1) is 0 Å². The van der Waals surface area contributed by atoms with Gasteiger partial charge in [0.2, 0.25) is 5.91 Å². The Morgan fingerprint density at radius 3 is 2.10 bits per heavy atom. The SMILES string of the molecule is NC(=O)c1ccc(C2CCCN2)cc1.O=C(O)C(F)(F)F. The average Bonchev–Trinajstić information content (AvgIpc) is 2.92. The summed E-state index contributed by atoms with van der Waals surface area (Å²) >= 11 is 0. The number of benzene rings is 1. The van der Waals surface area contributed by atoms with Crippen LogP contribution in [0.5, 0.6) is 0 Å². The maximum atomic E-state index is 10.8. The van der Waals surface area contributed by atoms with Crippen molar-refractivity contribution in [2.45, 2.75) is 25.1 Å². The number of nitrogens with two attached hydrogens (primary N) is 1. The third-order valence-corrected chi connectivity index (χ3v) is 2.90. The van der Waals surface area contributed by atoms with Gasteiger partial charge in [-0.2, -0.15) is 13.2 Å². The summed E-state index contributed by atoms with van der Waals surface area (Å²) in [5.74, 6) is -3.12. The highest BCUT2D eigenvalue weighted by Crippen LogP contribution is 2.22. The fraction of sp³-hybridized carbons (Fsp3) is 0.385. The molecule has 0 aliphatic carbocycles. The van der Waals surface area contributed by atoms with Crippen molar-refractivity contribution in [2.75, 3.05) is 6.54 Å². The summed E-state index contributed by atoms with van der Waals surface area (Å²) in [6, 6.07) is 7.98. The first kappa shape index (κ1) is 17.0. The van der Waals surface area contributed by atoms with Crippen LogP contribution in [0.1, 0.15) is 34.8 Å². The van der Waals surface area contributed by atoms with E-state index in [2.05, 4.69) is 5.32 Å². The molecule has 1 fully saturated rings. The van der Waals surface area contributed by atoms with Gasteiger partial charge in [0.1, 0.15) is 0 Å². The van der Waals surface area contributed by atoms with Crippen molar-refractivity contribution >= 4 is 11.9 Å². The fourth-order valence-electron chi connectivity index (χ4n) is 1.85. The van der Waals surface area contributed by atoms with Gasteiger partial charge in [-0.15, -0.1) is 0 Å². The number of amides is 1. The molecule has 1 aliphatic heterocycles. The third kappa shape index (κ3) is 5.42. The van der Waals surface area contributed by atoms with Gasteiger partial charge in [-0.05, 0) is 37.1 Å². The molecule has 0 radical (unpaired) electrons. The number of hydrogen-bond donors (Lipinski definition) is 3. The molecule has 0 aromatic heterocycles. The summed E-state index contributed by atoms with van der Waals surface area (Å²) in [6.45, 7) is 1.09. The molecule has 1 aromatic rings. The Bertz CT molecular complexity index is 494. The van der Waals surface area contributed by atoms with Crippen LogP contribution in [-0.2, 0) is 4.79 Å². The highest BCUT2D eigenvalue weighted by atomic mass is 19.4. The highest BCUT2D eigenvalue weighted by molar-refractivity contribution is 5.92. The van der Waals surface area contributed by atoms with Crippen LogP contribution in [0.2, 0.25) is 0 Å². The van der Waals surface area contributed by atoms with Crippen LogP contribution in [0.15, 0.2) is 24.3 Å². The Balaban J connectivity index is 0.000000270. The molecule has 5 nitrogen and oxygen atoms in total. The van der Waals surface area contributed by atoms with E-state index in [1.54, 1.807) is 12.1 Å². The van der Waals surface area contributed by atoms with Crippen LogP contribution in [-0.4, -0.2) is 29.7 Å². The second-order valence-corrected chi connectivity index (χ2v) is 4.44. The predicted octanol–water partition coefficient (Wildman–Crippen LogP) is 1.84. The molecule has 21 heavy (non-hydrogen) atoms. The normalized spacial score (nSPS) is 17.8. The molecule has 1 unspecified atom stereocenters. The lowest BCUT2D eigenvalue weighted by molar-refractivity contribution is -0.192. The molecule has 0 saturated carbocycles. The van der Waals surface area contributed by atoms with Crippen LogP contribution in [0, 0.1) is 0 Å². The lowest BCUT2D eigenvalue weighted by Gasteiger charge is -2.10. The molecule has 116 valence electrons. The number of nitrogens with one attached hydrogen (secondary N) is 1. The van der Waals surface area contributed by atoms with Gasteiger partial charge >= 0.3 is 12.1 Å². The predicted molar refractivity (Wildman–Crippen MR) is 68.6 cm³/mol. The summed E-state index contributed by atoms with van der Waals surface area (Å²) in [5, 5.41) is 10.5. The van der Waals surface area contributed by atoms with Crippen molar-refractivity contribution in [3.63, 3.8) is 0 Å². The number of halogens is 3. The Morgan fingerprint density at radius 2 is 1.76 bits per heavy atom. The number of carbonyl (C=O) groups is 2. The molecule has 0 bridgehead atoms. The lowest BCUT2D eigenvalue weighted by atomic mass is 10.0. The summed E-state index contributed by atoms with van der Waals surface area (Å²) in [7, 11) is 0. The molecule has 1 saturated heterocycles. The Kier molecular flexibility index (Phi) is 5.71. The van der Waals surface area contributed by atoms with Crippen molar-refractivity contribution in [3.05, 3.63) is 35.4 Å². The molecule has 0 spiro atoms. The topological polar surface area (TPSA) is 92.4 Å². The van der Waals surface area contributed by atoms with E-state index < -0.39 is 12.1 Å². The molecule has 1 atom stereocenters. The van der Waals surface area contributed by atoms with Gasteiger partial charge in [0.25, 0.3) is 0 Å². The van der Waals surface area contributed by atoms with Crippen LogP contribution in [0.4, 0.5) is 13.2 Å². The summed E-state index contributed by atoms with van der Waals surface area (Å²) in [6.07, 6.45) is -2.68. The van der Waals surface area contributed by atoms with E-state index in [0.29, 0.717) is 11.6 Å². The molecule has 4 N–H and O–H groups in total. The van der Waals surface area contributed by atoms with Gasteiger partial charge in [-0.25, -0.2) is 4.79 Å². The van der Waals surface area contributed by atoms with Crippen molar-refractivity contribution in [1.29, 1.82) is 0 Å². The number of carboxylic acid groups (broad SMARTS) is 1. The monoisotopic (exact) mass is 304 g/mol. The maximum absolute atomic E-state index is 10.8. The van der Waals surface area contributed by atoms with Crippen LogP contribution >= 0.6 is 0 Å². The molecule has 8 heteroatoms. The van der Waals surface area contributed by atoms with Crippen LogP contribution in [0.3, 0.4) is 0 Å². The minimum atomic E-state index is -5.08. The molecule has 1 heterocycles. The standard InChI is InChI=1S/C11H14N2O.C2HF3O2/c12-11(14)9-5-3-8(4-6-9)10-2-1-7-13-10;3-2(4,5)1(6)7/h3-6,10,13H,1-2,7H2,(H2,12,14);(H,6,7). The second-order valence-electron chi connectivity index (χ2n) is 4.44. The van der Waals surface area contributed by atoms with Crippen LogP contribution in [0.25, 0.3) is 0 Å². The van der Waals surface area contributed by atoms with E-state index in [4.69, 9.17) is 15.6 Å². The molecule has 1 aliphatic rings. The van der Waals surface area contributed by atoms with E-state index in [9.17, 15) is 18.0 Å². The van der Waals surface area contributed by atoms with Gasteiger partial charge in [-0.1, -0.05) is 12.1 Å². The second kappa shape index (κ2) is 7.07. The molecular weight excluding hydrogens is 289 g/mol. The summed E-state index contributed by atoms with van der Waals surface area (Å²) < 4.78 is 31.7. The zero-order valence-electron chi connectivity index (χ0n) is 11.0. The van der Waals surface area contributed by atoms with E-state index in [1.165, 1.54) is 18.4 Å². The van der Waals surface area contributed by atoms with E-state index >= 15 is 0 Å². The zero-order valence-corrected chi connectivity index (χ0v) is 11.0. The number of alkyl halides is 3. The quantitative estimate of drug-likeness (QED) is 0.777. The average molecular weight is 304 g/mol. The molecule has 2 rings (SSSR count). The Morgan fingerprint density at radius 1 is 1.24 bits per heavy atom. The largest absolute Gasteiger partial charge is 0.490 e. The molecule has 1 amide bonds. The van der Waals surface area contributed by atoms with Crippen molar-refractivity contribution in [2.24, 2.45) is 5.73 Å². The van der Waals surface area contributed by atoms with Gasteiger partial charge in [0, 0.05) is 11.6 Å². The Hall–Kier alpha value is -2.09. The first-order valence-electron chi connectivity index (χ1n) is 6.15. The van der Waals surface area contributed by atoms with Crippen molar-refractivity contribution < 1.29 is 27.9 Å². The summed E-state index contributed by atoms with van der Waals surface area (Å²) in [5.41, 5.74) is 6.98.